The second-order valence-electron chi connectivity index (χ2n) is 5.14. The highest BCUT2D eigenvalue weighted by atomic mass is 16.5. The molecule has 0 unspecified atom stereocenters. The van der Waals surface area contributed by atoms with Crippen molar-refractivity contribution in [3.05, 3.63) is 54.4 Å². The SMILES string of the molecule is O=C(Nc1cccnc1)c1ccccc1OC[C@H]1CCCO1. The van der Waals surface area contributed by atoms with Gasteiger partial charge in [-0.05, 0) is 37.1 Å². The first-order valence-corrected chi connectivity index (χ1v) is 7.38. The molecule has 0 radical (unpaired) electrons. The number of aromatic nitrogens is 1. The Hall–Kier alpha value is -2.40. The summed E-state index contributed by atoms with van der Waals surface area (Å²) in [6.07, 6.45) is 5.46. The first-order valence-electron chi connectivity index (χ1n) is 7.38. The van der Waals surface area contributed by atoms with E-state index in [2.05, 4.69) is 10.3 Å². The highest BCUT2D eigenvalue weighted by Gasteiger charge is 2.18. The minimum atomic E-state index is -0.212. The zero-order valence-electron chi connectivity index (χ0n) is 12.2. The van der Waals surface area contributed by atoms with Gasteiger partial charge in [0.25, 0.3) is 5.91 Å². The Morgan fingerprint density at radius 3 is 3.00 bits per heavy atom. The molecule has 5 heteroatoms. The van der Waals surface area contributed by atoms with Crippen molar-refractivity contribution in [2.75, 3.05) is 18.5 Å². The van der Waals surface area contributed by atoms with E-state index in [1.54, 1.807) is 36.7 Å². The molecule has 0 aliphatic carbocycles. The summed E-state index contributed by atoms with van der Waals surface area (Å²) in [7, 11) is 0. The van der Waals surface area contributed by atoms with E-state index < -0.39 is 0 Å². The van der Waals surface area contributed by atoms with Crippen LogP contribution in [0.5, 0.6) is 5.75 Å². The summed E-state index contributed by atoms with van der Waals surface area (Å²) in [6, 6.07) is 10.8. The molecule has 3 rings (SSSR count). The maximum atomic E-state index is 12.4. The van der Waals surface area contributed by atoms with Crippen molar-refractivity contribution in [2.45, 2.75) is 18.9 Å². The molecular formula is C17H18N2O3. The van der Waals surface area contributed by atoms with Crippen molar-refractivity contribution >= 4 is 11.6 Å². The summed E-state index contributed by atoms with van der Waals surface area (Å²) in [5.74, 6) is 0.357. The molecule has 1 aromatic heterocycles. The fourth-order valence-corrected chi connectivity index (χ4v) is 2.37. The van der Waals surface area contributed by atoms with Gasteiger partial charge < -0.3 is 14.8 Å². The summed E-state index contributed by atoms with van der Waals surface area (Å²) in [5.41, 5.74) is 1.16. The van der Waals surface area contributed by atoms with E-state index in [0.717, 1.165) is 19.4 Å². The van der Waals surface area contributed by atoms with Crippen molar-refractivity contribution in [1.82, 2.24) is 4.98 Å². The first-order chi connectivity index (χ1) is 10.8. The molecule has 0 bridgehead atoms. The van der Waals surface area contributed by atoms with E-state index in [1.165, 1.54) is 0 Å². The van der Waals surface area contributed by atoms with Crippen LogP contribution < -0.4 is 10.1 Å². The van der Waals surface area contributed by atoms with E-state index in [9.17, 15) is 4.79 Å². The van der Waals surface area contributed by atoms with Crippen LogP contribution in [0.2, 0.25) is 0 Å². The lowest BCUT2D eigenvalue weighted by molar-refractivity contribution is 0.0673. The predicted octanol–water partition coefficient (Wildman–Crippen LogP) is 2.89. The lowest BCUT2D eigenvalue weighted by Crippen LogP contribution is -2.19. The van der Waals surface area contributed by atoms with Crippen LogP contribution in [0.15, 0.2) is 48.8 Å². The fourth-order valence-electron chi connectivity index (χ4n) is 2.37. The number of hydrogen-bond acceptors (Lipinski definition) is 4. The summed E-state index contributed by atoms with van der Waals surface area (Å²) in [4.78, 5) is 16.4. The molecule has 2 aromatic rings. The number of carbonyl (C=O) groups excluding carboxylic acids is 1. The van der Waals surface area contributed by atoms with E-state index in [-0.39, 0.29) is 12.0 Å². The Kier molecular flexibility index (Phi) is 4.65. The van der Waals surface area contributed by atoms with Gasteiger partial charge in [-0.15, -0.1) is 0 Å². The maximum absolute atomic E-state index is 12.4. The van der Waals surface area contributed by atoms with Gasteiger partial charge in [-0.2, -0.15) is 0 Å². The van der Waals surface area contributed by atoms with Crippen LogP contribution in [0.25, 0.3) is 0 Å². The van der Waals surface area contributed by atoms with Crippen LogP contribution in [-0.4, -0.2) is 30.2 Å². The molecule has 22 heavy (non-hydrogen) atoms. The maximum Gasteiger partial charge on any atom is 0.259 e. The lowest BCUT2D eigenvalue weighted by atomic mass is 10.2. The number of carbonyl (C=O) groups is 1. The predicted molar refractivity (Wildman–Crippen MR) is 83.1 cm³/mol. The van der Waals surface area contributed by atoms with Gasteiger partial charge in [0.2, 0.25) is 0 Å². The summed E-state index contributed by atoms with van der Waals surface area (Å²) in [6.45, 7) is 1.26. The fraction of sp³-hybridized carbons (Fsp3) is 0.294. The third-order valence-electron chi connectivity index (χ3n) is 3.50. The van der Waals surface area contributed by atoms with Gasteiger partial charge in [0.1, 0.15) is 12.4 Å². The van der Waals surface area contributed by atoms with E-state index >= 15 is 0 Å². The van der Waals surface area contributed by atoms with Gasteiger partial charge in [-0.3, -0.25) is 9.78 Å². The molecule has 0 spiro atoms. The number of pyridine rings is 1. The minimum Gasteiger partial charge on any atom is -0.490 e. The van der Waals surface area contributed by atoms with Crippen LogP contribution in [0.1, 0.15) is 23.2 Å². The van der Waals surface area contributed by atoms with Crippen LogP contribution in [0.3, 0.4) is 0 Å². The first kappa shape index (κ1) is 14.5. The molecule has 5 nitrogen and oxygen atoms in total. The van der Waals surface area contributed by atoms with Gasteiger partial charge in [0.15, 0.2) is 0 Å². The molecule has 1 atom stereocenters. The average Bonchev–Trinajstić information content (AvgIpc) is 3.07. The second-order valence-corrected chi connectivity index (χ2v) is 5.14. The highest BCUT2D eigenvalue weighted by Crippen LogP contribution is 2.21. The Morgan fingerprint density at radius 1 is 1.32 bits per heavy atom. The summed E-state index contributed by atoms with van der Waals surface area (Å²) in [5, 5.41) is 2.81. The average molecular weight is 298 g/mol. The zero-order chi connectivity index (χ0) is 15.2. The van der Waals surface area contributed by atoms with Gasteiger partial charge in [0.05, 0.1) is 23.6 Å². The lowest BCUT2D eigenvalue weighted by Gasteiger charge is -2.14. The Bertz CT molecular complexity index is 625. The molecular weight excluding hydrogens is 280 g/mol. The van der Waals surface area contributed by atoms with E-state index in [0.29, 0.717) is 23.6 Å². The molecule has 1 amide bonds. The van der Waals surface area contributed by atoms with Crippen molar-refractivity contribution in [3.63, 3.8) is 0 Å². The third-order valence-corrected chi connectivity index (χ3v) is 3.50. The number of amides is 1. The summed E-state index contributed by atoms with van der Waals surface area (Å²) >= 11 is 0. The van der Waals surface area contributed by atoms with Crippen LogP contribution in [0.4, 0.5) is 5.69 Å². The molecule has 1 saturated heterocycles. The smallest absolute Gasteiger partial charge is 0.259 e. The van der Waals surface area contributed by atoms with Crippen LogP contribution in [0, 0.1) is 0 Å². The molecule has 1 N–H and O–H groups in total. The Morgan fingerprint density at radius 2 is 2.23 bits per heavy atom. The monoisotopic (exact) mass is 298 g/mol. The van der Waals surface area contributed by atoms with Gasteiger partial charge in [-0.25, -0.2) is 0 Å². The Labute approximate surface area is 129 Å². The van der Waals surface area contributed by atoms with Crippen molar-refractivity contribution in [3.8, 4) is 5.75 Å². The summed E-state index contributed by atoms with van der Waals surface area (Å²) < 4.78 is 11.3. The van der Waals surface area contributed by atoms with Gasteiger partial charge >= 0.3 is 0 Å². The topological polar surface area (TPSA) is 60.5 Å². The van der Waals surface area contributed by atoms with Crippen molar-refractivity contribution < 1.29 is 14.3 Å². The molecule has 114 valence electrons. The third kappa shape index (κ3) is 3.62. The number of ether oxygens (including phenoxy) is 2. The van der Waals surface area contributed by atoms with E-state index in [1.807, 2.05) is 12.1 Å². The highest BCUT2D eigenvalue weighted by molar-refractivity contribution is 6.06. The number of anilines is 1. The van der Waals surface area contributed by atoms with E-state index in [4.69, 9.17) is 9.47 Å². The molecule has 0 saturated carbocycles. The van der Waals surface area contributed by atoms with Crippen molar-refractivity contribution in [2.24, 2.45) is 0 Å². The molecule has 1 aromatic carbocycles. The number of rotatable bonds is 5. The molecule has 1 aliphatic heterocycles. The molecule has 1 aliphatic rings. The Balaban J connectivity index is 1.68. The van der Waals surface area contributed by atoms with Gasteiger partial charge in [0, 0.05) is 12.8 Å². The number of hydrogen-bond donors (Lipinski definition) is 1. The van der Waals surface area contributed by atoms with Crippen LogP contribution >= 0.6 is 0 Å². The number of nitrogens with zero attached hydrogens (tertiary/aromatic N) is 1. The van der Waals surface area contributed by atoms with Crippen molar-refractivity contribution in [1.29, 1.82) is 0 Å². The number of nitrogens with one attached hydrogen (secondary N) is 1. The second kappa shape index (κ2) is 7.04. The molecule has 2 heterocycles. The number of benzene rings is 1. The van der Waals surface area contributed by atoms with Gasteiger partial charge in [-0.1, -0.05) is 12.1 Å². The number of para-hydroxylation sites is 1. The molecule has 1 fully saturated rings. The minimum absolute atomic E-state index is 0.120. The zero-order valence-corrected chi connectivity index (χ0v) is 12.2. The quantitative estimate of drug-likeness (QED) is 0.922. The standard InChI is InChI=1S/C17H18N2O3/c20-17(19-13-5-3-9-18-11-13)15-7-1-2-8-16(15)22-12-14-6-4-10-21-14/h1-3,5,7-9,11,14H,4,6,10,12H2,(H,19,20)/t14-/m1/s1. The normalized spacial score (nSPS) is 17.2. The van der Waals surface area contributed by atoms with Crippen LogP contribution in [-0.2, 0) is 4.74 Å². The largest absolute Gasteiger partial charge is 0.490 e.